The van der Waals surface area contributed by atoms with Crippen LogP contribution in [0.2, 0.25) is 0 Å². The van der Waals surface area contributed by atoms with Crippen molar-refractivity contribution in [2.75, 3.05) is 13.2 Å². The number of hydrogen-bond acceptors (Lipinski definition) is 4. The lowest BCUT2D eigenvalue weighted by molar-refractivity contribution is 0.00976. The van der Waals surface area contributed by atoms with E-state index in [1.54, 1.807) is 6.07 Å². The number of aromatic hydroxyl groups is 1. The van der Waals surface area contributed by atoms with Crippen molar-refractivity contribution >= 4 is 5.97 Å². The van der Waals surface area contributed by atoms with Gasteiger partial charge in [-0.2, -0.15) is 0 Å². The van der Waals surface area contributed by atoms with E-state index < -0.39 is 5.97 Å². The Hall–Kier alpha value is -1.59. The van der Waals surface area contributed by atoms with Gasteiger partial charge in [-0.1, -0.05) is 0 Å². The molecule has 2 saturated heterocycles. The molecule has 2 aliphatic rings. The summed E-state index contributed by atoms with van der Waals surface area (Å²) < 4.78 is 11.5. The van der Waals surface area contributed by atoms with Crippen molar-refractivity contribution in [2.24, 2.45) is 0 Å². The second kappa shape index (κ2) is 6.67. The lowest BCUT2D eigenvalue weighted by Gasteiger charge is -2.27. The normalized spacial score (nSPS) is 25.8. The average molecular weight is 306 g/mol. The number of carboxylic acids is 1. The van der Waals surface area contributed by atoms with Gasteiger partial charge < -0.3 is 19.7 Å². The summed E-state index contributed by atoms with van der Waals surface area (Å²) in [7, 11) is 0. The van der Waals surface area contributed by atoms with Crippen molar-refractivity contribution < 1.29 is 24.5 Å². The first-order valence-corrected chi connectivity index (χ1v) is 8.00. The summed E-state index contributed by atoms with van der Waals surface area (Å²) in [6.45, 7) is 1.35. The van der Waals surface area contributed by atoms with E-state index in [4.69, 9.17) is 9.47 Å². The molecule has 0 spiro atoms. The van der Waals surface area contributed by atoms with Crippen LogP contribution in [0.25, 0.3) is 0 Å². The molecule has 2 atom stereocenters. The summed E-state index contributed by atoms with van der Waals surface area (Å²) >= 11 is 0. The number of carbonyl (C=O) groups is 1. The van der Waals surface area contributed by atoms with Gasteiger partial charge in [-0.25, -0.2) is 4.79 Å². The Morgan fingerprint density at radius 1 is 1.00 bits per heavy atom. The molecule has 2 heterocycles. The highest BCUT2D eigenvalue weighted by Gasteiger charge is 2.26. The molecule has 120 valence electrons. The van der Waals surface area contributed by atoms with Crippen LogP contribution in [0.15, 0.2) is 12.1 Å². The quantitative estimate of drug-likeness (QED) is 0.892. The number of benzene rings is 1. The number of aromatic carboxylic acids is 1. The molecule has 2 N–H and O–H groups in total. The highest BCUT2D eigenvalue weighted by Crippen LogP contribution is 2.39. The molecule has 0 aliphatic carbocycles. The van der Waals surface area contributed by atoms with Crippen molar-refractivity contribution in [2.45, 2.75) is 50.7 Å². The van der Waals surface area contributed by atoms with Gasteiger partial charge in [-0.05, 0) is 56.2 Å². The third-order valence-corrected chi connectivity index (χ3v) is 4.47. The second-order valence-electron chi connectivity index (χ2n) is 6.02. The van der Waals surface area contributed by atoms with Gasteiger partial charge in [0.25, 0.3) is 0 Å². The van der Waals surface area contributed by atoms with Crippen LogP contribution in [0.1, 0.15) is 72.2 Å². The monoisotopic (exact) mass is 306 g/mol. The van der Waals surface area contributed by atoms with Crippen LogP contribution in [-0.2, 0) is 9.47 Å². The molecule has 2 fully saturated rings. The summed E-state index contributed by atoms with van der Waals surface area (Å²) in [6, 6.07) is 3.41. The summed E-state index contributed by atoms with van der Waals surface area (Å²) in [4.78, 5) is 11.5. The molecule has 0 saturated carbocycles. The molecule has 2 aliphatic heterocycles. The lowest BCUT2D eigenvalue weighted by atomic mass is 9.92. The topological polar surface area (TPSA) is 76.0 Å². The molecule has 5 heteroatoms. The molecule has 0 amide bonds. The Balaban J connectivity index is 1.99. The van der Waals surface area contributed by atoms with Gasteiger partial charge in [0.1, 0.15) is 11.3 Å². The second-order valence-corrected chi connectivity index (χ2v) is 6.02. The average Bonchev–Trinajstić information content (AvgIpc) is 2.56. The fraction of sp³-hybridized carbons (Fsp3) is 0.588. The molecule has 3 rings (SSSR count). The maximum atomic E-state index is 11.5. The number of phenols is 1. The van der Waals surface area contributed by atoms with Gasteiger partial charge in [-0.15, -0.1) is 0 Å². The minimum Gasteiger partial charge on any atom is -0.507 e. The van der Waals surface area contributed by atoms with Gasteiger partial charge in [0.2, 0.25) is 0 Å². The highest BCUT2D eigenvalue weighted by atomic mass is 16.5. The Morgan fingerprint density at radius 3 is 2.18 bits per heavy atom. The molecule has 0 bridgehead atoms. The van der Waals surface area contributed by atoms with E-state index in [9.17, 15) is 15.0 Å². The first kappa shape index (κ1) is 15.3. The van der Waals surface area contributed by atoms with Crippen LogP contribution in [0, 0.1) is 0 Å². The third-order valence-electron chi connectivity index (χ3n) is 4.47. The van der Waals surface area contributed by atoms with Crippen molar-refractivity contribution in [3.05, 3.63) is 28.8 Å². The predicted molar refractivity (Wildman–Crippen MR) is 80.2 cm³/mol. The van der Waals surface area contributed by atoms with Crippen molar-refractivity contribution in [1.29, 1.82) is 0 Å². The Bertz CT molecular complexity index is 542. The fourth-order valence-corrected chi connectivity index (χ4v) is 3.26. The number of carboxylic acid groups (broad SMARTS) is 1. The molecule has 1 aromatic rings. The van der Waals surface area contributed by atoms with Crippen LogP contribution in [0.5, 0.6) is 5.75 Å². The zero-order valence-electron chi connectivity index (χ0n) is 12.6. The van der Waals surface area contributed by atoms with Gasteiger partial charge in [0, 0.05) is 18.8 Å². The van der Waals surface area contributed by atoms with Crippen molar-refractivity contribution in [3.8, 4) is 5.75 Å². The molecule has 2 unspecified atom stereocenters. The van der Waals surface area contributed by atoms with E-state index in [0.29, 0.717) is 18.8 Å². The molecular weight excluding hydrogens is 284 g/mol. The third kappa shape index (κ3) is 3.10. The Labute approximate surface area is 129 Å². The first-order valence-electron chi connectivity index (χ1n) is 8.00. The van der Waals surface area contributed by atoms with Crippen molar-refractivity contribution in [3.63, 3.8) is 0 Å². The smallest absolute Gasteiger partial charge is 0.339 e. The van der Waals surface area contributed by atoms with Crippen LogP contribution in [0.3, 0.4) is 0 Å². The van der Waals surface area contributed by atoms with E-state index in [1.165, 1.54) is 0 Å². The lowest BCUT2D eigenvalue weighted by Crippen LogP contribution is -2.16. The summed E-state index contributed by atoms with van der Waals surface area (Å²) in [5, 5.41) is 19.7. The molecule has 0 aromatic heterocycles. The summed E-state index contributed by atoms with van der Waals surface area (Å²) in [5.41, 5.74) is 1.36. The minimum atomic E-state index is -1.12. The van der Waals surface area contributed by atoms with Gasteiger partial charge in [0.15, 0.2) is 0 Å². The standard InChI is InChI=1S/C17H22O5/c18-16-12(15-6-2-4-8-22-15)9-11(10-13(16)17(19)20)14-5-1-3-7-21-14/h9-10,14-15,18H,1-8H2,(H,19,20). The van der Waals surface area contributed by atoms with E-state index in [1.807, 2.05) is 6.07 Å². The molecule has 1 aromatic carbocycles. The SMILES string of the molecule is O=C(O)c1cc(C2CCCCO2)cc(C2CCCCO2)c1O. The number of ether oxygens (including phenoxy) is 2. The summed E-state index contributed by atoms with van der Waals surface area (Å²) in [5.74, 6) is -1.29. The number of rotatable bonds is 3. The molecule has 0 radical (unpaired) electrons. The van der Waals surface area contributed by atoms with E-state index >= 15 is 0 Å². The zero-order chi connectivity index (χ0) is 15.5. The predicted octanol–water partition coefficient (Wildman–Crippen LogP) is 3.57. The van der Waals surface area contributed by atoms with Gasteiger partial charge in [-0.3, -0.25) is 0 Å². The minimum absolute atomic E-state index is 0.0594. The van der Waals surface area contributed by atoms with Crippen LogP contribution < -0.4 is 0 Å². The Morgan fingerprint density at radius 2 is 1.64 bits per heavy atom. The first-order chi connectivity index (χ1) is 10.7. The van der Waals surface area contributed by atoms with Crippen LogP contribution in [0.4, 0.5) is 0 Å². The molecule has 22 heavy (non-hydrogen) atoms. The van der Waals surface area contributed by atoms with E-state index in [0.717, 1.165) is 44.1 Å². The zero-order valence-corrected chi connectivity index (χ0v) is 12.6. The van der Waals surface area contributed by atoms with Crippen LogP contribution >= 0.6 is 0 Å². The summed E-state index contributed by atoms with van der Waals surface area (Å²) in [6.07, 6.45) is 5.52. The van der Waals surface area contributed by atoms with E-state index in [2.05, 4.69) is 0 Å². The number of hydrogen-bond donors (Lipinski definition) is 2. The highest BCUT2D eigenvalue weighted by molar-refractivity contribution is 5.91. The molecular formula is C17H22O5. The fourth-order valence-electron chi connectivity index (χ4n) is 3.26. The molecule has 5 nitrogen and oxygen atoms in total. The Kier molecular flexibility index (Phi) is 4.64. The largest absolute Gasteiger partial charge is 0.507 e. The van der Waals surface area contributed by atoms with Gasteiger partial charge in [0.05, 0.1) is 12.2 Å². The van der Waals surface area contributed by atoms with Crippen LogP contribution in [-0.4, -0.2) is 29.4 Å². The van der Waals surface area contributed by atoms with Gasteiger partial charge >= 0.3 is 5.97 Å². The van der Waals surface area contributed by atoms with E-state index in [-0.39, 0.29) is 23.5 Å². The van der Waals surface area contributed by atoms with Crippen molar-refractivity contribution in [1.82, 2.24) is 0 Å². The maximum absolute atomic E-state index is 11.5. The maximum Gasteiger partial charge on any atom is 0.339 e.